The summed E-state index contributed by atoms with van der Waals surface area (Å²) in [6.07, 6.45) is 0. The van der Waals surface area contributed by atoms with Crippen molar-refractivity contribution in [2.24, 2.45) is 0 Å². The minimum Gasteiger partial charge on any atom is -0.287 e. The smallest absolute Gasteiger partial charge is 0.265 e. The Morgan fingerprint density at radius 1 is 1.45 bits per heavy atom. The van der Waals surface area contributed by atoms with Crippen molar-refractivity contribution < 1.29 is 12.8 Å². The van der Waals surface area contributed by atoms with Crippen LogP contribution in [-0.4, -0.2) is 24.6 Å². The molecule has 0 fully saturated rings. The van der Waals surface area contributed by atoms with E-state index < -0.39 is 26.4 Å². The van der Waals surface area contributed by atoms with Crippen LogP contribution in [0.5, 0.6) is 0 Å². The van der Waals surface area contributed by atoms with E-state index in [1.165, 1.54) is 0 Å². The molecule has 0 aliphatic heterocycles. The molecule has 1 aromatic heterocycles. The number of nitrogens with one attached hydrogen (secondary N) is 2. The number of hydrogen-bond donors (Lipinski definition) is 2. The van der Waals surface area contributed by atoms with Gasteiger partial charge in [0.15, 0.2) is 11.0 Å². The first-order chi connectivity index (χ1) is 5.06. The lowest BCUT2D eigenvalue weighted by molar-refractivity contribution is 0.531. The quantitative estimate of drug-likeness (QED) is 0.637. The molecule has 0 aliphatic rings. The largest absolute Gasteiger partial charge is 0.287 e. The second kappa shape index (κ2) is 2.50. The maximum atomic E-state index is 11.7. The SMILES string of the molecule is O=c1cc(S(=O)(=O)CF)[nH][nH]1. The summed E-state index contributed by atoms with van der Waals surface area (Å²) in [7, 11) is -3.93. The van der Waals surface area contributed by atoms with E-state index in [0.29, 0.717) is 0 Å². The van der Waals surface area contributed by atoms with Crippen molar-refractivity contribution in [1.82, 2.24) is 10.2 Å². The van der Waals surface area contributed by atoms with Gasteiger partial charge in [-0.05, 0) is 0 Å². The first kappa shape index (κ1) is 7.99. The summed E-state index contributed by atoms with van der Waals surface area (Å²) < 4.78 is 33.0. The van der Waals surface area contributed by atoms with Gasteiger partial charge in [-0.25, -0.2) is 12.8 Å². The highest BCUT2D eigenvalue weighted by Gasteiger charge is 2.15. The van der Waals surface area contributed by atoms with Crippen LogP contribution in [0.25, 0.3) is 0 Å². The lowest BCUT2D eigenvalue weighted by atomic mass is 10.7. The number of H-pyrrole nitrogens is 2. The predicted molar refractivity (Wildman–Crippen MR) is 34.6 cm³/mol. The molecule has 0 radical (unpaired) electrons. The van der Waals surface area contributed by atoms with Crippen LogP contribution in [0.3, 0.4) is 0 Å². The molecular weight excluding hydrogens is 175 g/mol. The Balaban J connectivity index is 3.23. The highest BCUT2D eigenvalue weighted by Crippen LogP contribution is 2.02. The molecular formula is C4H5FN2O3S. The average molecular weight is 180 g/mol. The van der Waals surface area contributed by atoms with Crippen molar-refractivity contribution >= 4 is 9.84 Å². The van der Waals surface area contributed by atoms with E-state index in [-0.39, 0.29) is 0 Å². The maximum absolute atomic E-state index is 11.7. The molecule has 1 rings (SSSR count). The molecule has 0 aliphatic carbocycles. The molecule has 62 valence electrons. The highest BCUT2D eigenvalue weighted by atomic mass is 32.2. The Bertz CT molecular complexity index is 389. The second-order valence-electron chi connectivity index (χ2n) is 1.85. The number of alkyl halides is 1. The third kappa shape index (κ3) is 1.48. The highest BCUT2D eigenvalue weighted by molar-refractivity contribution is 7.91. The zero-order valence-corrected chi connectivity index (χ0v) is 6.11. The molecule has 11 heavy (non-hydrogen) atoms. The van der Waals surface area contributed by atoms with Crippen molar-refractivity contribution in [1.29, 1.82) is 0 Å². The van der Waals surface area contributed by atoms with Crippen LogP contribution in [0.2, 0.25) is 0 Å². The van der Waals surface area contributed by atoms with Crippen LogP contribution in [0, 0.1) is 0 Å². The van der Waals surface area contributed by atoms with Crippen LogP contribution in [0.4, 0.5) is 4.39 Å². The first-order valence-corrected chi connectivity index (χ1v) is 4.28. The molecule has 2 N–H and O–H groups in total. The first-order valence-electron chi connectivity index (χ1n) is 2.62. The summed E-state index contributed by atoms with van der Waals surface area (Å²) in [6.45, 7) is 0. The third-order valence-electron chi connectivity index (χ3n) is 1.05. The Kier molecular flexibility index (Phi) is 1.81. The molecule has 0 atom stereocenters. The summed E-state index contributed by atoms with van der Waals surface area (Å²) in [6, 6.07) is -0.726. The fourth-order valence-corrected chi connectivity index (χ4v) is 1.15. The summed E-state index contributed by atoms with van der Waals surface area (Å²) >= 11 is 0. The number of rotatable bonds is 2. The van der Waals surface area contributed by atoms with Gasteiger partial charge in [0, 0.05) is 6.07 Å². The Hall–Kier alpha value is -1.11. The van der Waals surface area contributed by atoms with E-state index in [4.69, 9.17) is 0 Å². The lowest BCUT2D eigenvalue weighted by Crippen LogP contribution is -2.02. The van der Waals surface area contributed by atoms with Crippen LogP contribution >= 0.6 is 0 Å². The normalized spacial score (nSPS) is 11.7. The van der Waals surface area contributed by atoms with Crippen molar-refractivity contribution in [3.05, 3.63) is 16.4 Å². The Morgan fingerprint density at radius 2 is 2.09 bits per heavy atom. The number of hydrogen-bond acceptors (Lipinski definition) is 3. The van der Waals surface area contributed by atoms with Crippen molar-refractivity contribution in [2.45, 2.75) is 5.03 Å². The van der Waals surface area contributed by atoms with E-state index in [2.05, 4.69) is 0 Å². The summed E-state index contributed by atoms with van der Waals surface area (Å²) in [5.74, 6) is 0. The molecule has 7 heteroatoms. The zero-order chi connectivity index (χ0) is 8.48. The van der Waals surface area contributed by atoms with Gasteiger partial charge < -0.3 is 0 Å². The maximum Gasteiger partial charge on any atom is 0.265 e. The molecule has 1 aromatic rings. The van der Waals surface area contributed by atoms with Crippen molar-refractivity contribution in [3.8, 4) is 0 Å². The molecule has 0 saturated carbocycles. The van der Waals surface area contributed by atoms with E-state index in [0.717, 1.165) is 6.07 Å². The standard InChI is InChI=1S/C4H5FN2O3S/c5-2-11(9,10)4-1-3(8)6-7-4/h1H,2H2,(H2,6,7,8). The van der Waals surface area contributed by atoms with Crippen LogP contribution in [-0.2, 0) is 9.84 Å². The average Bonchev–Trinajstić information content (AvgIpc) is 2.36. The second-order valence-corrected chi connectivity index (χ2v) is 3.73. The predicted octanol–water partition coefficient (Wildman–Crippen LogP) is -0.596. The molecule has 0 saturated heterocycles. The molecule has 1 heterocycles. The van der Waals surface area contributed by atoms with Gasteiger partial charge in [0.1, 0.15) is 0 Å². The van der Waals surface area contributed by atoms with E-state index in [9.17, 15) is 17.6 Å². The summed E-state index contributed by atoms with van der Waals surface area (Å²) in [4.78, 5) is 10.4. The number of sulfone groups is 1. The van der Waals surface area contributed by atoms with Crippen LogP contribution < -0.4 is 5.56 Å². The minimum absolute atomic E-state index is 0.426. The molecule has 5 nitrogen and oxygen atoms in total. The topological polar surface area (TPSA) is 82.8 Å². The molecule has 0 aromatic carbocycles. The van der Waals surface area contributed by atoms with Gasteiger partial charge in [-0.1, -0.05) is 0 Å². The van der Waals surface area contributed by atoms with Gasteiger partial charge >= 0.3 is 0 Å². The van der Waals surface area contributed by atoms with Crippen LogP contribution in [0.1, 0.15) is 0 Å². The van der Waals surface area contributed by atoms with Crippen molar-refractivity contribution in [2.75, 3.05) is 6.01 Å². The fraction of sp³-hybridized carbons (Fsp3) is 0.250. The molecule has 0 bridgehead atoms. The van der Waals surface area contributed by atoms with Gasteiger partial charge in [0.2, 0.25) is 9.84 Å². The monoisotopic (exact) mass is 180 g/mol. The van der Waals surface area contributed by atoms with Crippen LogP contribution in [0.15, 0.2) is 15.9 Å². The number of aromatic nitrogens is 2. The van der Waals surface area contributed by atoms with E-state index >= 15 is 0 Å². The zero-order valence-electron chi connectivity index (χ0n) is 5.30. The van der Waals surface area contributed by atoms with Crippen molar-refractivity contribution in [3.63, 3.8) is 0 Å². The summed E-state index contributed by atoms with van der Waals surface area (Å²) in [5, 5.41) is 3.59. The summed E-state index contributed by atoms with van der Waals surface area (Å²) in [5.41, 5.74) is -0.600. The number of halogens is 1. The Morgan fingerprint density at radius 3 is 2.45 bits per heavy atom. The lowest BCUT2D eigenvalue weighted by Gasteiger charge is -1.90. The fourth-order valence-electron chi connectivity index (χ4n) is 0.541. The van der Waals surface area contributed by atoms with Gasteiger partial charge in [-0.3, -0.25) is 15.0 Å². The van der Waals surface area contributed by atoms with Gasteiger partial charge in [0.05, 0.1) is 0 Å². The minimum atomic E-state index is -3.93. The Labute approximate surface area is 61.1 Å². The number of aromatic amines is 2. The van der Waals surface area contributed by atoms with E-state index in [1.807, 2.05) is 10.2 Å². The van der Waals surface area contributed by atoms with Gasteiger partial charge in [-0.2, -0.15) is 0 Å². The van der Waals surface area contributed by atoms with E-state index in [1.54, 1.807) is 0 Å². The molecule has 0 amide bonds. The molecule has 0 spiro atoms. The molecule has 0 unspecified atom stereocenters. The third-order valence-corrected chi connectivity index (χ3v) is 2.23. The van der Waals surface area contributed by atoms with Gasteiger partial charge in [-0.15, -0.1) is 0 Å². The van der Waals surface area contributed by atoms with Gasteiger partial charge in [0.25, 0.3) is 5.56 Å².